The predicted octanol–water partition coefficient (Wildman–Crippen LogP) is -9.70. The number of hydrogen-bond donors (Lipinski definition) is 2. The molecule has 0 amide bonds. The van der Waals surface area contributed by atoms with Gasteiger partial charge in [-0.25, -0.2) is 0 Å². The van der Waals surface area contributed by atoms with Crippen molar-refractivity contribution in [2.45, 2.75) is 0 Å². The second-order valence-electron chi connectivity index (χ2n) is 0.996. The van der Waals surface area contributed by atoms with Gasteiger partial charge in [-0.15, -0.1) is 0 Å². The van der Waals surface area contributed by atoms with E-state index in [1.807, 2.05) is 0 Å². The van der Waals surface area contributed by atoms with Gasteiger partial charge in [0.2, 0.25) is 0 Å². The molecule has 12 heavy (non-hydrogen) atoms. The van der Waals surface area contributed by atoms with Crippen LogP contribution < -0.4 is 43.1 Å². The Kier molecular flexibility index (Phi) is 18.0. The van der Waals surface area contributed by atoms with Gasteiger partial charge in [0, 0.05) is 0 Å². The normalized spacial score (nSPS) is 9.92. The van der Waals surface area contributed by atoms with E-state index in [-0.39, 0.29) is 45.1 Å². The first-order chi connectivity index (χ1) is 4.00. The molecule has 0 aromatic heterocycles. The Balaban J connectivity index is -0.0000000457. The number of phosphoric acid groups is 1. The second kappa shape index (κ2) is 9.21. The summed E-state index contributed by atoms with van der Waals surface area (Å²) in [5, 5.41) is 0. The summed E-state index contributed by atoms with van der Waals surface area (Å²) < 4.78 is 8.55. The van der Waals surface area contributed by atoms with Gasteiger partial charge in [-0.3, -0.25) is 0 Å². The van der Waals surface area contributed by atoms with E-state index in [2.05, 4.69) is 0 Å². The summed E-state index contributed by atoms with van der Waals surface area (Å²) in [6, 6.07) is 0. The van der Waals surface area contributed by atoms with E-state index in [0.29, 0.717) is 0 Å². The van der Waals surface area contributed by atoms with Gasteiger partial charge < -0.3 is 38.4 Å². The third kappa shape index (κ3) is 487. The van der Waals surface area contributed by atoms with Gasteiger partial charge in [-0.2, -0.15) is 7.82 Å². The monoisotopic (exact) mass is 286 g/mol. The largest absolute Gasteiger partial charge is 4.00 e. The van der Waals surface area contributed by atoms with Gasteiger partial charge in [-0.05, 0) is 0 Å². The first-order valence-electron chi connectivity index (χ1n) is 1.59. The van der Waals surface area contributed by atoms with Crippen molar-refractivity contribution in [3.63, 3.8) is 0 Å². The molecular weight excluding hydrogens is 285 g/mol. The maximum Gasteiger partial charge on any atom is 4.00 e. The number of hydrogen-bond acceptors (Lipinski definition) is 8. The van der Waals surface area contributed by atoms with Crippen molar-refractivity contribution in [3.05, 3.63) is 0 Å². The minimum absolute atomic E-state index is 0. The molecule has 0 aromatic carbocycles. The minimum Gasteiger partial charge on any atom is -0.828 e. The fourth-order valence-electron chi connectivity index (χ4n) is 0. The first-order valence-corrected chi connectivity index (χ1v) is 4.76. The van der Waals surface area contributed by atoms with Gasteiger partial charge in [-0.1, -0.05) is 0 Å². The maximum absolute atomic E-state index is 8.80. The smallest absolute Gasteiger partial charge is 0.828 e. The molecule has 0 radical (unpaired) electrons. The molecule has 0 saturated carbocycles. The van der Waals surface area contributed by atoms with E-state index < -0.39 is 16.9 Å². The van der Waals surface area contributed by atoms with Crippen molar-refractivity contribution in [1.82, 2.24) is 0 Å². The molecule has 0 aliphatic heterocycles. The Labute approximate surface area is 99.9 Å². The standard InChI is InChI=1S/Li.H3O4P.H2O4Si.Zr/c;2*1-5(2,3)4;/h;(H3,1,2,3,4);1-2H;/q+1;;-2;+4/p-3. The van der Waals surface area contributed by atoms with E-state index in [9.17, 15) is 0 Å². The van der Waals surface area contributed by atoms with E-state index in [4.69, 9.17) is 38.4 Å². The van der Waals surface area contributed by atoms with Crippen LogP contribution in [0.4, 0.5) is 0 Å². The predicted molar refractivity (Wildman–Crippen MR) is 17.8 cm³/mol. The minimum atomic E-state index is -5.39. The molecule has 0 bridgehead atoms. The molecule has 0 heterocycles. The average molecular weight is 287 g/mol. The summed E-state index contributed by atoms with van der Waals surface area (Å²) in [6.07, 6.45) is 0. The van der Waals surface area contributed by atoms with Crippen LogP contribution >= 0.6 is 7.82 Å². The molecule has 0 spiro atoms. The van der Waals surface area contributed by atoms with Gasteiger partial charge in [0.1, 0.15) is 9.05 Å². The molecule has 0 saturated heterocycles. The van der Waals surface area contributed by atoms with Crippen molar-refractivity contribution in [3.8, 4) is 0 Å². The topological polar surface area (TPSA) is 173 Å². The Morgan fingerprint density at radius 3 is 1.08 bits per heavy atom. The molecule has 0 fully saturated rings. The van der Waals surface area contributed by atoms with Crippen molar-refractivity contribution in [2.75, 3.05) is 0 Å². The van der Waals surface area contributed by atoms with Gasteiger partial charge in [0.15, 0.2) is 0 Å². The molecule has 2 N–H and O–H groups in total. The fraction of sp³-hybridized carbons (Fsp3) is 0. The Morgan fingerprint density at radius 1 is 1.08 bits per heavy atom. The van der Waals surface area contributed by atoms with Crippen LogP contribution in [0, 0.1) is 0 Å². The van der Waals surface area contributed by atoms with Crippen LogP contribution in [0.25, 0.3) is 0 Å². The third-order valence-electron chi connectivity index (χ3n) is 0. The van der Waals surface area contributed by atoms with E-state index in [0.717, 1.165) is 0 Å². The summed E-state index contributed by atoms with van der Waals surface area (Å²) >= 11 is 0. The van der Waals surface area contributed by atoms with Gasteiger partial charge in [0.05, 0.1) is 0 Å². The first kappa shape index (κ1) is 23.5. The summed E-state index contributed by atoms with van der Waals surface area (Å²) in [4.78, 5) is 57.5. The summed E-state index contributed by atoms with van der Waals surface area (Å²) in [5.74, 6) is 0. The Morgan fingerprint density at radius 2 is 1.08 bits per heavy atom. The quantitative estimate of drug-likeness (QED) is 0.326. The summed E-state index contributed by atoms with van der Waals surface area (Å²) in [7, 11) is -10.5. The van der Waals surface area contributed by atoms with Crippen LogP contribution in [-0.4, -0.2) is 18.6 Å². The molecule has 0 atom stereocenters. The molecule has 0 rings (SSSR count). The molecule has 0 unspecified atom stereocenters. The third-order valence-corrected chi connectivity index (χ3v) is 0. The Bertz CT molecular complexity index is 111. The van der Waals surface area contributed by atoms with Crippen LogP contribution in [0.15, 0.2) is 0 Å². The van der Waals surface area contributed by atoms with E-state index in [1.54, 1.807) is 0 Å². The van der Waals surface area contributed by atoms with E-state index in [1.165, 1.54) is 0 Å². The van der Waals surface area contributed by atoms with Crippen LogP contribution in [0.2, 0.25) is 0 Å². The molecule has 0 aromatic rings. The van der Waals surface area contributed by atoms with Crippen LogP contribution in [0.5, 0.6) is 0 Å². The summed E-state index contributed by atoms with van der Waals surface area (Å²) in [5.41, 5.74) is 0. The second-order valence-corrected chi connectivity index (χ2v) is 2.99. The molecule has 12 heteroatoms. The van der Waals surface area contributed by atoms with Gasteiger partial charge in [0.25, 0.3) is 0 Å². The van der Waals surface area contributed by atoms with Crippen LogP contribution in [0.1, 0.15) is 0 Å². The number of rotatable bonds is 0. The fourth-order valence-corrected chi connectivity index (χ4v) is 0. The zero-order valence-electron chi connectivity index (χ0n) is 5.79. The zero-order chi connectivity index (χ0) is 9.00. The molecule has 0 aliphatic carbocycles. The molecule has 8 nitrogen and oxygen atoms in total. The van der Waals surface area contributed by atoms with Crippen molar-refractivity contribution < 1.29 is 83.5 Å². The van der Waals surface area contributed by atoms with Crippen LogP contribution in [-0.2, 0) is 30.8 Å². The zero-order valence-corrected chi connectivity index (χ0v) is 10.1. The van der Waals surface area contributed by atoms with Crippen molar-refractivity contribution in [1.29, 1.82) is 0 Å². The van der Waals surface area contributed by atoms with Gasteiger partial charge >= 0.3 is 45.1 Å². The maximum atomic E-state index is 8.80. The SMILES string of the molecule is O=P([O-])([O-])[O-].[Li+].[O-][Si]([O-])(O)O.[Zr+4]. The summed E-state index contributed by atoms with van der Waals surface area (Å²) in [6.45, 7) is 0. The molecular formula is H2LiO8PSiZr. The average Bonchev–Trinajstić information content (AvgIpc) is 1.12. The van der Waals surface area contributed by atoms with E-state index >= 15 is 0 Å². The Hall–Kier alpha value is 1.65. The molecule has 0 aliphatic rings. The van der Waals surface area contributed by atoms with Crippen LogP contribution in [0.3, 0.4) is 0 Å². The molecule has 64 valence electrons. The van der Waals surface area contributed by atoms with Crippen molar-refractivity contribution >= 4 is 16.9 Å². The van der Waals surface area contributed by atoms with Crippen molar-refractivity contribution in [2.24, 2.45) is 0 Å².